The second-order valence-electron chi connectivity index (χ2n) is 6.08. The number of allylic oxidation sites excluding steroid dienone is 5. The molecule has 0 aromatic heterocycles. The molecule has 0 aliphatic heterocycles. The largest absolute Gasteiger partial charge is 0.279 e. The molecule has 0 spiro atoms. The van der Waals surface area contributed by atoms with E-state index in [1.165, 1.54) is 63.4 Å². The van der Waals surface area contributed by atoms with Crippen LogP contribution >= 0.6 is 11.9 Å². The Morgan fingerprint density at radius 2 is 1.83 bits per heavy atom. The molecular weight excluding hydrogens is 316 g/mol. The minimum Gasteiger partial charge on any atom is -0.279 e. The minimum atomic E-state index is 0.696. The normalized spacial score (nSPS) is 16.7. The fourth-order valence-electron chi connectivity index (χ4n) is 2.43. The zero-order valence-corrected chi connectivity index (χ0v) is 16.6. The average molecular weight is 353 g/mol. The highest BCUT2D eigenvalue weighted by atomic mass is 35.5. The maximum atomic E-state index is 4.98. The van der Waals surface area contributed by atoms with E-state index in [1.807, 2.05) is 0 Å². The van der Waals surface area contributed by atoms with Crippen molar-refractivity contribution in [3.05, 3.63) is 36.5 Å². The predicted octanol–water partition coefficient (Wildman–Crippen LogP) is 7.63. The van der Waals surface area contributed by atoms with Gasteiger partial charge >= 0.3 is 0 Å². The van der Waals surface area contributed by atoms with E-state index in [-0.39, 0.29) is 0 Å². The summed E-state index contributed by atoms with van der Waals surface area (Å²) in [6, 6.07) is 0. The Morgan fingerprint density at radius 1 is 1.12 bits per heavy atom. The van der Waals surface area contributed by atoms with Crippen molar-refractivity contribution in [1.29, 1.82) is 0 Å². The molecule has 0 amide bonds. The molecule has 2 heteroatoms. The molecule has 0 aromatic carbocycles. The van der Waals surface area contributed by atoms with Crippen LogP contribution in [0.1, 0.15) is 78.1 Å². The standard InChI is InChI=1S/C14H22.C6H13ClO.C2H2/c1-3-4-5-6-7-8-9-14-11-10-13(2)12-14;1-2-3-4-5-6-8-7;1-2/h6-9,14H,2-5,10-12H2,1H3;2-6H2,1H3;1-2H/b7-6+,9-8+;;. The van der Waals surface area contributed by atoms with Crippen LogP contribution in [0.2, 0.25) is 0 Å². The van der Waals surface area contributed by atoms with E-state index in [0.29, 0.717) is 6.61 Å². The van der Waals surface area contributed by atoms with Crippen LogP contribution in [0.5, 0.6) is 0 Å². The predicted molar refractivity (Wildman–Crippen MR) is 110 cm³/mol. The Labute approximate surface area is 156 Å². The quantitative estimate of drug-likeness (QED) is 0.170. The van der Waals surface area contributed by atoms with Gasteiger partial charge in [0, 0.05) is 0 Å². The number of unbranched alkanes of at least 4 members (excludes halogenated alkanes) is 5. The lowest BCUT2D eigenvalue weighted by atomic mass is 10.1. The highest BCUT2D eigenvalue weighted by Crippen LogP contribution is 2.29. The van der Waals surface area contributed by atoms with E-state index >= 15 is 0 Å². The third-order valence-electron chi connectivity index (χ3n) is 3.85. The van der Waals surface area contributed by atoms with E-state index in [0.717, 1.165) is 12.3 Å². The molecule has 24 heavy (non-hydrogen) atoms. The molecular formula is C22H37ClO. The summed E-state index contributed by atoms with van der Waals surface area (Å²) in [5.41, 5.74) is 1.43. The summed E-state index contributed by atoms with van der Waals surface area (Å²) in [6.45, 7) is 9.13. The molecule has 0 aromatic rings. The Morgan fingerprint density at radius 3 is 2.38 bits per heavy atom. The van der Waals surface area contributed by atoms with E-state index in [2.05, 4.69) is 61.9 Å². The summed E-state index contributed by atoms with van der Waals surface area (Å²) in [5.74, 6) is 0.762. The summed E-state index contributed by atoms with van der Waals surface area (Å²) in [4.78, 5) is 0. The van der Waals surface area contributed by atoms with Crippen LogP contribution in [0.15, 0.2) is 36.5 Å². The van der Waals surface area contributed by atoms with Crippen molar-refractivity contribution in [3.63, 3.8) is 0 Å². The van der Waals surface area contributed by atoms with Crippen LogP contribution in [0.3, 0.4) is 0 Å². The van der Waals surface area contributed by atoms with Crippen molar-refractivity contribution in [2.75, 3.05) is 6.61 Å². The van der Waals surface area contributed by atoms with Gasteiger partial charge in [-0.1, -0.05) is 82.4 Å². The maximum absolute atomic E-state index is 4.98. The van der Waals surface area contributed by atoms with Crippen LogP contribution in [-0.2, 0) is 4.29 Å². The number of hydrogen-bond acceptors (Lipinski definition) is 1. The fraction of sp³-hybridized carbons (Fsp3) is 0.636. The molecule has 1 nitrogen and oxygen atoms in total. The summed E-state index contributed by atoms with van der Waals surface area (Å²) in [6.07, 6.45) is 29.5. The maximum Gasteiger partial charge on any atom is 0.0682 e. The Hall–Kier alpha value is -0.970. The molecule has 1 fully saturated rings. The van der Waals surface area contributed by atoms with E-state index in [4.69, 9.17) is 11.9 Å². The van der Waals surface area contributed by atoms with Crippen molar-refractivity contribution < 1.29 is 4.29 Å². The first-order valence-corrected chi connectivity index (χ1v) is 9.62. The van der Waals surface area contributed by atoms with Gasteiger partial charge in [0.25, 0.3) is 0 Å². The summed E-state index contributed by atoms with van der Waals surface area (Å²) < 4.78 is 4.36. The second-order valence-corrected chi connectivity index (χ2v) is 6.30. The van der Waals surface area contributed by atoms with Gasteiger partial charge in [-0.25, -0.2) is 0 Å². The second kappa shape index (κ2) is 22.0. The molecule has 0 saturated heterocycles. The minimum absolute atomic E-state index is 0.696. The highest BCUT2D eigenvalue weighted by Gasteiger charge is 2.14. The molecule has 0 heterocycles. The van der Waals surface area contributed by atoms with Crippen molar-refractivity contribution in [2.24, 2.45) is 5.92 Å². The van der Waals surface area contributed by atoms with Crippen LogP contribution in [0.4, 0.5) is 0 Å². The van der Waals surface area contributed by atoms with E-state index in [1.54, 1.807) is 0 Å². The lowest BCUT2D eigenvalue weighted by Crippen LogP contribution is -1.84. The fourth-order valence-corrected chi connectivity index (χ4v) is 2.54. The SMILES string of the molecule is C#C.C=C1CCC(/C=C/C=C/CCCC)C1.CCCCCCOCl. The molecule has 1 unspecified atom stereocenters. The van der Waals surface area contributed by atoms with Gasteiger partial charge in [0.15, 0.2) is 0 Å². The highest BCUT2D eigenvalue weighted by molar-refractivity contribution is 6.07. The molecule has 0 N–H and O–H groups in total. The Bertz CT molecular complexity index is 335. The first-order valence-electron chi connectivity index (χ1n) is 9.31. The lowest BCUT2D eigenvalue weighted by molar-refractivity contribution is 0.336. The summed E-state index contributed by atoms with van der Waals surface area (Å²) in [7, 11) is 0. The lowest BCUT2D eigenvalue weighted by Gasteiger charge is -1.97. The van der Waals surface area contributed by atoms with Crippen LogP contribution in [0.25, 0.3) is 0 Å². The van der Waals surface area contributed by atoms with E-state index < -0.39 is 0 Å². The van der Waals surface area contributed by atoms with Crippen molar-refractivity contribution >= 4 is 11.9 Å². The molecule has 1 rings (SSSR count). The number of halogens is 1. The average Bonchev–Trinajstić information content (AvgIpc) is 3.03. The summed E-state index contributed by atoms with van der Waals surface area (Å²) in [5, 5.41) is 0. The number of rotatable bonds is 10. The topological polar surface area (TPSA) is 9.23 Å². The molecule has 1 saturated carbocycles. The van der Waals surface area contributed by atoms with Gasteiger partial charge in [-0.2, -0.15) is 0 Å². The van der Waals surface area contributed by atoms with Gasteiger partial charge in [0.2, 0.25) is 0 Å². The third kappa shape index (κ3) is 19.1. The van der Waals surface area contributed by atoms with Crippen molar-refractivity contribution in [3.8, 4) is 12.8 Å². The van der Waals surface area contributed by atoms with Crippen LogP contribution in [-0.4, -0.2) is 6.61 Å². The molecule has 1 aliphatic carbocycles. The van der Waals surface area contributed by atoms with Gasteiger partial charge in [-0.05, 0) is 38.0 Å². The number of terminal acetylenes is 1. The first kappa shape index (κ1) is 25.3. The van der Waals surface area contributed by atoms with Crippen molar-refractivity contribution in [1.82, 2.24) is 0 Å². The van der Waals surface area contributed by atoms with Gasteiger partial charge < -0.3 is 0 Å². The van der Waals surface area contributed by atoms with Crippen LogP contribution in [0, 0.1) is 18.8 Å². The molecule has 0 bridgehead atoms. The van der Waals surface area contributed by atoms with Gasteiger partial charge in [-0.3, -0.25) is 4.29 Å². The monoisotopic (exact) mass is 352 g/mol. The van der Waals surface area contributed by atoms with Gasteiger partial charge in [0.1, 0.15) is 0 Å². The molecule has 1 atom stereocenters. The van der Waals surface area contributed by atoms with E-state index in [9.17, 15) is 0 Å². The van der Waals surface area contributed by atoms with Crippen LogP contribution < -0.4 is 0 Å². The Kier molecular flexibility index (Phi) is 23.2. The smallest absolute Gasteiger partial charge is 0.0682 e. The first-order chi connectivity index (χ1) is 11.7. The van der Waals surface area contributed by atoms with Gasteiger partial charge in [-0.15, -0.1) is 12.8 Å². The van der Waals surface area contributed by atoms with Crippen molar-refractivity contribution in [2.45, 2.75) is 78.1 Å². The molecule has 0 radical (unpaired) electrons. The third-order valence-corrected chi connectivity index (χ3v) is 4.00. The zero-order chi connectivity index (χ0) is 18.5. The molecule has 1 aliphatic rings. The Balaban J connectivity index is 0. The molecule has 138 valence electrons. The zero-order valence-electron chi connectivity index (χ0n) is 15.8. The summed E-state index contributed by atoms with van der Waals surface area (Å²) >= 11 is 4.98. The van der Waals surface area contributed by atoms with Gasteiger partial charge in [0.05, 0.1) is 18.5 Å². The number of hydrogen-bond donors (Lipinski definition) is 0.